The monoisotopic (exact) mass is 313 g/mol. The molecule has 0 aliphatic heterocycles. The summed E-state index contributed by atoms with van der Waals surface area (Å²) >= 11 is 0. The molecule has 1 rings (SSSR count). The molecule has 1 atom stereocenters. The normalized spacial score (nSPS) is 13.1. The van der Waals surface area contributed by atoms with Crippen LogP contribution in [0.4, 0.5) is 5.69 Å². The number of carbonyl (C=O) groups excluding carboxylic acids is 1. The second kappa shape index (κ2) is 7.42. The van der Waals surface area contributed by atoms with Gasteiger partial charge >= 0.3 is 0 Å². The Bertz CT molecular complexity index is 585. The lowest BCUT2D eigenvalue weighted by atomic mass is 10.1. The van der Waals surface area contributed by atoms with Gasteiger partial charge in [-0.15, -0.1) is 0 Å². The van der Waals surface area contributed by atoms with E-state index in [1.54, 1.807) is 32.0 Å². The number of amides is 1. The van der Waals surface area contributed by atoms with Gasteiger partial charge in [0.1, 0.15) is 10.9 Å². The van der Waals surface area contributed by atoms with Gasteiger partial charge in [-0.25, -0.2) is 8.42 Å². The van der Waals surface area contributed by atoms with E-state index >= 15 is 0 Å². The first kappa shape index (κ1) is 17.5. The highest BCUT2D eigenvalue weighted by Crippen LogP contribution is 2.21. The minimum absolute atomic E-state index is 0.116. The lowest BCUT2D eigenvalue weighted by Gasteiger charge is -2.20. The topological polar surface area (TPSA) is 101 Å². The molecule has 1 amide bonds. The van der Waals surface area contributed by atoms with Crippen molar-refractivity contribution < 1.29 is 13.2 Å². The summed E-state index contributed by atoms with van der Waals surface area (Å²) in [6.07, 6.45) is 0.873. The molecule has 1 aromatic carbocycles. The molecule has 0 heterocycles. The van der Waals surface area contributed by atoms with Gasteiger partial charge in [-0.1, -0.05) is 32.9 Å². The van der Waals surface area contributed by atoms with Crippen molar-refractivity contribution in [2.24, 2.45) is 11.7 Å². The van der Waals surface area contributed by atoms with Gasteiger partial charge in [0.2, 0.25) is 15.9 Å². The molecule has 1 unspecified atom stereocenters. The number of para-hydroxylation sites is 1. The molecule has 0 fully saturated rings. The van der Waals surface area contributed by atoms with Crippen LogP contribution in [-0.2, 0) is 14.8 Å². The van der Waals surface area contributed by atoms with Crippen molar-refractivity contribution >= 4 is 21.6 Å². The number of rotatable bonds is 8. The average molecular weight is 313 g/mol. The highest BCUT2D eigenvalue weighted by molar-refractivity contribution is 7.89. The molecular formula is C14H23N3O3S. The molecule has 1 aromatic rings. The van der Waals surface area contributed by atoms with Gasteiger partial charge in [0.05, 0.1) is 5.69 Å². The molecular weight excluding hydrogens is 290 g/mol. The summed E-state index contributed by atoms with van der Waals surface area (Å²) in [6.45, 7) is 6.12. The van der Waals surface area contributed by atoms with Crippen LogP contribution >= 0.6 is 0 Å². The molecule has 0 aliphatic rings. The van der Waals surface area contributed by atoms with E-state index in [4.69, 9.17) is 5.73 Å². The third-order valence-corrected chi connectivity index (χ3v) is 4.50. The number of anilines is 1. The van der Waals surface area contributed by atoms with Crippen LogP contribution in [0.15, 0.2) is 29.2 Å². The fourth-order valence-electron chi connectivity index (χ4n) is 1.86. The first-order valence-electron chi connectivity index (χ1n) is 6.94. The lowest BCUT2D eigenvalue weighted by Crippen LogP contribution is -2.47. The summed E-state index contributed by atoms with van der Waals surface area (Å²) in [5.74, 6) is -0.916. The molecule has 21 heavy (non-hydrogen) atoms. The van der Waals surface area contributed by atoms with Gasteiger partial charge in [0.15, 0.2) is 0 Å². The summed E-state index contributed by atoms with van der Waals surface area (Å²) in [7, 11) is -3.82. The van der Waals surface area contributed by atoms with Crippen LogP contribution in [0.25, 0.3) is 0 Å². The zero-order valence-corrected chi connectivity index (χ0v) is 13.4. The lowest BCUT2D eigenvalue weighted by molar-refractivity contribution is -0.120. The van der Waals surface area contributed by atoms with Gasteiger partial charge in [-0.2, -0.15) is 4.72 Å². The summed E-state index contributed by atoms with van der Waals surface area (Å²) in [5.41, 5.74) is 5.77. The highest BCUT2D eigenvalue weighted by atomic mass is 32.2. The smallest absolute Gasteiger partial charge is 0.243 e. The van der Waals surface area contributed by atoms with Crippen LogP contribution in [0, 0.1) is 5.92 Å². The van der Waals surface area contributed by atoms with Crippen LogP contribution in [0.5, 0.6) is 0 Å². The Morgan fingerprint density at radius 2 is 1.90 bits per heavy atom. The summed E-state index contributed by atoms with van der Waals surface area (Å²) in [6, 6.07) is 5.65. The molecule has 0 radical (unpaired) electrons. The second-order valence-corrected chi connectivity index (χ2v) is 6.85. The van der Waals surface area contributed by atoms with E-state index in [-0.39, 0.29) is 10.8 Å². The molecule has 0 saturated carbocycles. The number of nitrogens with two attached hydrogens (primary N) is 1. The first-order valence-corrected chi connectivity index (χ1v) is 8.42. The van der Waals surface area contributed by atoms with E-state index < -0.39 is 22.0 Å². The molecule has 0 aromatic heterocycles. The maximum Gasteiger partial charge on any atom is 0.243 e. The van der Waals surface area contributed by atoms with E-state index in [2.05, 4.69) is 10.0 Å². The Balaban J connectivity index is 3.10. The van der Waals surface area contributed by atoms with E-state index in [1.165, 1.54) is 6.07 Å². The second-order valence-electron chi connectivity index (χ2n) is 5.17. The average Bonchev–Trinajstić information content (AvgIpc) is 2.42. The summed E-state index contributed by atoms with van der Waals surface area (Å²) < 4.78 is 27.3. The van der Waals surface area contributed by atoms with Crippen LogP contribution < -0.4 is 15.8 Å². The highest BCUT2D eigenvalue weighted by Gasteiger charge is 2.27. The van der Waals surface area contributed by atoms with Crippen molar-refractivity contribution in [3.05, 3.63) is 24.3 Å². The Kier molecular flexibility index (Phi) is 6.17. The fourth-order valence-corrected chi connectivity index (χ4v) is 3.40. The van der Waals surface area contributed by atoms with Crippen molar-refractivity contribution in [3.63, 3.8) is 0 Å². The third kappa shape index (κ3) is 4.71. The molecule has 7 heteroatoms. The molecule has 0 aliphatic carbocycles. The first-order chi connectivity index (χ1) is 9.79. The third-order valence-electron chi connectivity index (χ3n) is 3.00. The predicted octanol–water partition coefficient (Wildman–Crippen LogP) is 1.30. The minimum Gasteiger partial charge on any atom is -0.384 e. The van der Waals surface area contributed by atoms with Gasteiger partial charge in [0.25, 0.3) is 0 Å². The van der Waals surface area contributed by atoms with Crippen molar-refractivity contribution in [2.45, 2.75) is 38.1 Å². The molecule has 0 bridgehead atoms. The number of carbonyl (C=O) groups is 1. The number of primary amides is 1. The number of benzene rings is 1. The Morgan fingerprint density at radius 1 is 1.29 bits per heavy atom. The Labute approximate surface area is 126 Å². The van der Waals surface area contributed by atoms with E-state index in [0.29, 0.717) is 12.2 Å². The number of nitrogens with one attached hydrogen (secondary N) is 2. The SMILES string of the molecule is CCCNc1ccccc1S(=O)(=O)NC(C(N)=O)C(C)C. The Hall–Kier alpha value is -1.60. The number of hydrogen-bond acceptors (Lipinski definition) is 4. The van der Waals surface area contributed by atoms with Gasteiger partial charge in [0, 0.05) is 6.54 Å². The summed E-state index contributed by atoms with van der Waals surface area (Å²) in [5, 5.41) is 3.07. The van der Waals surface area contributed by atoms with Crippen LogP contribution in [-0.4, -0.2) is 26.9 Å². The largest absolute Gasteiger partial charge is 0.384 e. The van der Waals surface area contributed by atoms with E-state index in [9.17, 15) is 13.2 Å². The van der Waals surface area contributed by atoms with Gasteiger partial charge in [-0.3, -0.25) is 4.79 Å². The van der Waals surface area contributed by atoms with Crippen molar-refractivity contribution in [1.29, 1.82) is 0 Å². The zero-order chi connectivity index (χ0) is 16.0. The van der Waals surface area contributed by atoms with Crippen molar-refractivity contribution in [3.8, 4) is 0 Å². The predicted molar refractivity (Wildman–Crippen MR) is 83.4 cm³/mol. The number of sulfonamides is 1. The number of hydrogen-bond donors (Lipinski definition) is 3. The molecule has 118 valence electrons. The van der Waals surface area contributed by atoms with Crippen LogP contribution in [0.1, 0.15) is 27.2 Å². The fraction of sp³-hybridized carbons (Fsp3) is 0.500. The van der Waals surface area contributed by atoms with Crippen LogP contribution in [0.3, 0.4) is 0 Å². The molecule has 0 saturated heterocycles. The quantitative estimate of drug-likeness (QED) is 0.673. The molecule has 4 N–H and O–H groups in total. The van der Waals surface area contributed by atoms with E-state index in [1.807, 2.05) is 6.92 Å². The van der Waals surface area contributed by atoms with Crippen LogP contribution in [0.2, 0.25) is 0 Å². The van der Waals surface area contributed by atoms with E-state index in [0.717, 1.165) is 6.42 Å². The van der Waals surface area contributed by atoms with Crippen molar-refractivity contribution in [1.82, 2.24) is 4.72 Å². The van der Waals surface area contributed by atoms with Gasteiger partial charge in [-0.05, 0) is 24.5 Å². The standard InChI is InChI=1S/C14H23N3O3S/c1-4-9-16-11-7-5-6-8-12(11)21(19,20)17-13(10(2)3)14(15)18/h5-8,10,13,16-17H,4,9H2,1-3H3,(H2,15,18). The Morgan fingerprint density at radius 3 is 2.43 bits per heavy atom. The van der Waals surface area contributed by atoms with Crippen molar-refractivity contribution in [2.75, 3.05) is 11.9 Å². The van der Waals surface area contributed by atoms with Gasteiger partial charge < -0.3 is 11.1 Å². The maximum absolute atomic E-state index is 12.5. The summed E-state index contributed by atoms with van der Waals surface area (Å²) in [4.78, 5) is 11.5. The molecule has 6 nitrogen and oxygen atoms in total. The zero-order valence-electron chi connectivity index (χ0n) is 12.6. The minimum atomic E-state index is -3.82. The molecule has 0 spiro atoms. The maximum atomic E-state index is 12.5.